The molecule has 1 atom stereocenters. The van der Waals surface area contributed by atoms with Gasteiger partial charge in [0.1, 0.15) is 0 Å². The van der Waals surface area contributed by atoms with E-state index in [1.54, 1.807) is 0 Å². The van der Waals surface area contributed by atoms with Crippen molar-refractivity contribution in [3.63, 3.8) is 0 Å². The first-order chi connectivity index (χ1) is 8.90. The number of halogens is 2. The van der Waals surface area contributed by atoms with Crippen LogP contribution in [0.15, 0.2) is 18.2 Å². The molecule has 1 N–H and O–H groups in total. The maximum absolute atomic E-state index is 6.21. The van der Waals surface area contributed by atoms with Crippen molar-refractivity contribution in [1.29, 1.82) is 0 Å². The largest absolute Gasteiger partial charge is 0.309 e. The molecule has 0 saturated carbocycles. The number of hydrogen-bond donors (Lipinski definition) is 1. The fourth-order valence-corrected chi connectivity index (χ4v) is 2.56. The standard InChI is InChI=1S/C15H24Cl2N2/c1-11(2)8-13(10-19(3)4)18-9-12-6-5-7-14(16)15(12)17/h5-7,11,13,18H,8-10H2,1-4H3. The van der Waals surface area contributed by atoms with E-state index < -0.39 is 0 Å². The van der Waals surface area contributed by atoms with Crippen molar-refractivity contribution in [2.24, 2.45) is 5.92 Å². The Kier molecular flexibility index (Phi) is 7.16. The van der Waals surface area contributed by atoms with Crippen molar-refractivity contribution in [3.8, 4) is 0 Å². The molecule has 0 fully saturated rings. The van der Waals surface area contributed by atoms with Crippen molar-refractivity contribution in [2.45, 2.75) is 32.9 Å². The average molecular weight is 303 g/mol. The Labute approximate surface area is 127 Å². The molecule has 0 amide bonds. The number of nitrogens with one attached hydrogen (secondary N) is 1. The summed E-state index contributed by atoms with van der Waals surface area (Å²) in [7, 11) is 4.20. The zero-order valence-electron chi connectivity index (χ0n) is 12.2. The number of rotatable bonds is 7. The highest BCUT2D eigenvalue weighted by Gasteiger charge is 2.12. The molecule has 0 spiro atoms. The molecule has 1 aromatic rings. The van der Waals surface area contributed by atoms with Crippen molar-refractivity contribution < 1.29 is 0 Å². The van der Waals surface area contributed by atoms with Crippen LogP contribution >= 0.6 is 23.2 Å². The fourth-order valence-electron chi connectivity index (χ4n) is 2.17. The third-order valence-electron chi connectivity index (χ3n) is 2.95. The van der Waals surface area contributed by atoms with E-state index in [1.165, 1.54) is 0 Å². The lowest BCUT2D eigenvalue weighted by molar-refractivity contribution is 0.305. The predicted molar refractivity (Wildman–Crippen MR) is 85.1 cm³/mol. The minimum Gasteiger partial charge on any atom is -0.309 e. The lowest BCUT2D eigenvalue weighted by Crippen LogP contribution is -2.38. The van der Waals surface area contributed by atoms with Crippen LogP contribution in [0.1, 0.15) is 25.8 Å². The second-order valence-corrected chi connectivity index (χ2v) is 6.47. The van der Waals surface area contributed by atoms with Crippen LogP contribution in [0.3, 0.4) is 0 Å². The Hall–Kier alpha value is -0.280. The van der Waals surface area contributed by atoms with Crippen LogP contribution in [0.2, 0.25) is 10.0 Å². The lowest BCUT2D eigenvalue weighted by Gasteiger charge is -2.24. The molecule has 1 aromatic carbocycles. The summed E-state index contributed by atoms with van der Waals surface area (Å²) in [5.74, 6) is 0.673. The van der Waals surface area contributed by atoms with Crippen LogP contribution in [-0.2, 0) is 6.54 Å². The van der Waals surface area contributed by atoms with Gasteiger partial charge in [-0.15, -0.1) is 0 Å². The Balaban J connectivity index is 2.62. The van der Waals surface area contributed by atoms with Crippen LogP contribution < -0.4 is 5.32 Å². The van der Waals surface area contributed by atoms with Crippen molar-refractivity contribution in [1.82, 2.24) is 10.2 Å². The third kappa shape index (κ3) is 6.13. The lowest BCUT2D eigenvalue weighted by atomic mass is 10.0. The molecular formula is C15H24Cl2N2. The van der Waals surface area contributed by atoms with Gasteiger partial charge in [-0.05, 0) is 38.1 Å². The predicted octanol–water partition coefficient (Wildman–Crippen LogP) is 4.06. The highest BCUT2D eigenvalue weighted by atomic mass is 35.5. The molecule has 0 aliphatic carbocycles. The number of benzene rings is 1. The molecule has 0 bridgehead atoms. The zero-order valence-corrected chi connectivity index (χ0v) is 13.7. The summed E-state index contributed by atoms with van der Waals surface area (Å²) in [6.45, 7) is 6.27. The monoisotopic (exact) mass is 302 g/mol. The van der Waals surface area contributed by atoms with Gasteiger partial charge in [0.05, 0.1) is 10.0 Å². The topological polar surface area (TPSA) is 15.3 Å². The molecule has 0 radical (unpaired) electrons. The van der Waals surface area contributed by atoms with Gasteiger partial charge in [-0.2, -0.15) is 0 Å². The van der Waals surface area contributed by atoms with Gasteiger partial charge in [0.2, 0.25) is 0 Å². The summed E-state index contributed by atoms with van der Waals surface area (Å²) in [4.78, 5) is 2.21. The smallest absolute Gasteiger partial charge is 0.0637 e. The normalized spacial score (nSPS) is 13.3. The summed E-state index contributed by atoms with van der Waals surface area (Å²) in [5.41, 5.74) is 1.06. The molecule has 4 heteroatoms. The first-order valence-corrected chi connectivity index (χ1v) is 7.46. The summed E-state index contributed by atoms with van der Waals surface area (Å²) < 4.78 is 0. The van der Waals surface area contributed by atoms with Crippen LogP contribution in [0.5, 0.6) is 0 Å². The SMILES string of the molecule is CC(C)CC(CN(C)C)NCc1cccc(Cl)c1Cl. The molecule has 2 nitrogen and oxygen atoms in total. The first-order valence-electron chi connectivity index (χ1n) is 6.71. The zero-order chi connectivity index (χ0) is 14.4. The maximum atomic E-state index is 6.21. The minimum atomic E-state index is 0.463. The Morgan fingerprint density at radius 2 is 1.89 bits per heavy atom. The second kappa shape index (κ2) is 8.11. The van der Waals surface area contributed by atoms with E-state index in [-0.39, 0.29) is 0 Å². The van der Waals surface area contributed by atoms with Crippen LogP contribution in [0, 0.1) is 5.92 Å². The molecule has 108 valence electrons. The summed E-state index contributed by atoms with van der Waals surface area (Å²) in [5, 5.41) is 4.86. The molecule has 19 heavy (non-hydrogen) atoms. The van der Waals surface area contributed by atoms with Gasteiger partial charge in [0.25, 0.3) is 0 Å². The molecule has 0 saturated heterocycles. The number of likely N-dealkylation sites (N-methyl/N-ethyl adjacent to an activating group) is 1. The van der Waals surface area contributed by atoms with Gasteiger partial charge in [-0.1, -0.05) is 49.2 Å². The Morgan fingerprint density at radius 1 is 1.21 bits per heavy atom. The van der Waals surface area contributed by atoms with E-state index >= 15 is 0 Å². The molecular weight excluding hydrogens is 279 g/mol. The van der Waals surface area contributed by atoms with Gasteiger partial charge in [0.15, 0.2) is 0 Å². The van der Waals surface area contributed by atoms with Gasteiger partial charge >= 0.3 is 0 Å². The highest BCUT2D eigenvalue weighted by molar-refractivity contribution is 6.42. The van der Waals surface area contributed by atoms with E-state index in [9.17, 15) is 0 Å². The fraction of sp³-hybridized carbons (Fsp3) is 0.600. The van der Waals surface area contributed by atoms with Gasteiger partial charge in [-0.25, -0.2) is 0 Å². The molecule has 0 heterocycles. The second-order valence-electron chi connectivity index (χ2n) is 5.68. The van der Waals surface area contributed by atoms with E-state index in [0.29, 0.717) is 22.0 Å². The first kappa shape index (κ1) is 16.8. The average Bonchev–Trinajstić information content (AvgIpc) is 2.29. The van der Waals surface area contributed by atoms with Crippen LogP contribution in [0.4, 0.5) is 0 Å². The van der Waals surface area contributed by atoms with E-state index in [1.807, 2.05) is 18.2 Å². The van der Waals surface area contributed by atoms with E-state index in [4.69, 9.17) is 23.2 Å². The molecule has 0 aliphatic heterocycles. The van der Waals surface area contributed by atoms with Crippen LogP contribution in [-0.4, -0.2) is 31.6 Å². The summed E-state index contributed by atoms with van der Waals surface area (Å²) in [6, 6.07) is 6.24. The highest BCUT2D eigenvalue weighted by Crippen LogP contribution is 2.25. The van der Waals surface area contributed by atoms with Gasteiger partial charge in [0, 0.05) is 19.1 Å². The third-order valence-corrected chi connectivity index (χ3v) is 3.81. The van der Waals surface area contributed by atoms with Gasteiger partial charge < -0.3 is 10.2 Å². The van der Waals surface area contributed by atoms with Crippen LogP contribution in [0.25, 0.3) is 0 Å². The van der Waals surface area contributed by atoms with Crippen molar-refractivity contribution in [2.75, 3.05) is 20.6 Å². The van der Waals surface area contributed by atoms with Gasteiger partial charge in [-0.3, -0.25) is 0 Å². The summed E-state index contributed by atoms with van der Waals surface area (Å²) >= 11 is 12.2. The number of nitrogens with zero attached hydrogens (tertiary/aromatic N) is 1. The van der Waals surface area contributed by atoms with E-state index in [0.717, 1.165) is 25.1 Å². The van der Waals surface area contributed by atoms with E-state index in [2.05, 4.69) is 38.2 Å². The Morgan fingerprint density at radius 3 is 2.47 bits per heavy atom. The number of hydrogen-bond acceptors (Lipinski definition) is 2. The van der Waals surface area contributed by atoms with Crippen molar-refractivity contribution in [3.05, 3.63) is 33.8 Å². The quantitative estimate of drug-likeness (QED) is 0.817. The molecule has 1 rings (SSSR count). The molecule has 1 unspecified atom stereocenters. The molecule has 0 aliphatic rings. The Bertz CT molecular complexity index is 382. The maximum Gasteiger partial charge on any atom is 0.0637 e. The van der Waals surface area contributed by atoms with Crippen molar-refractivity contribution >= 4 is 23.2 Å². The summed E-state index contributed by atoms with van der Waals surface area (Å²) in [6.07, 6.45) is 1.15. The molecule has 0 aromatic heterocycles. The minimum absolute atomic E-state index is 0.463.